The Hall–Kier alpha value is -2.61. The van der Waals surface area contributed by atoms with Gasteiger partial charge in [0, 0.05) is 12.2 Å². The van der Waals surface area contributed by atoms with E-state index in [0.29, 0.717) is 28.8 Å². The van der Waals surface area contributed by atoms with Crippen molar-refractivity contribution >= 4 is 35.0 Å². The Labute approximate surface area is 167 Å². The van der Waals surface area contributed by atoms with Crippen LogP contribution >= 0.6 is 11.8 Å². The average Bonchev–Trinajstić information content (AvgIpc) is 3.47. The molecule has 0 unspecified atom stereocenters. The van der Waals surface area contributed by atoms with E-state index < -0.39 is 5.56 Å². The Balaban J connectivity index is 1.58. The van der Waals surface area contributed by atoms with Crippen LogP contribution in [0.4, 0.5) is 11.4 Å². The van der Waals surface area contributed by atoms with Gasteiger partial charge in [0.05, 0.1) is 16.8 Å². The quantitative estimate of drug-likeness (QED) is 0.836. The predicted molar refractivity (Wildman–Crippen MR) is 109 cm³/mol. The summed E-state index contributed by atoms with van der Waals surface area (Å²) in [5.74, 6) is 0.400. The van der Waals surface area contributed by atoms with Crippen LogP contribution in [-0.2, 0) is 16.1 Å². The standard InChI is InChI=1S/C20H22N4O3S/c1-12-3-4-13(2)15(7-12)22-17(25)10-24-20(27)19-16(8-21-24)28-11-18(26)23(19)9-14-5-6-14/h3-4,7-8,14H,5-6,9-11H2,1-2H3,(H,22,25). The molecule has 1 aromatic heterocycles. The highest BCUT2D eigenvalue weighted by Gasteiger charge is 2.34. The summed E-state index contributed by atoms with van der Waals surface area (Å²) in [5, 5.41) is 7.00. The van der Waals surface area contributed by atoms with Crippen molar-refractivity contribution in [2.24, 2.45) is 5.92 Å². The number of aryl methyl sites for hydroxylation is 2. The zero-order valence-electron chi connectivity index (χ0n) is 15.9. The van der Waals surface area contributed by atoms with Crippen LogP contribution in [0.2, 0.25) is 0 Å². The van der Waals surface area contributed by atoms with Crippen molar-refractivity contribution in [3.05, 3.63) is 45.9 Å². The number of hydrogen-bond acceptors (Lipinski definition) is 5. The fourth-order valence-electron chi connectivity index (χ4n) is 3.22. The summed E-state index contributed by atoms with van der Waals surface area (Å²) in [6.07, 6.45) is 3.76. The lowest BCUT2D eigenvalue weighted by Gasteiger charge is -2.28. The molecule has 4 rings (SSSR count). The van der Waals surface area contributed by atoms with Crippen molar-refractivity contribution in [3.63, 3.8) is 0 Å². The molecule has 1 aromatic carbocycles. The number of hydrogen-bond donors (Lipinski definition) is 1. The summed E-state index contributed by atoms with van der Waals surface area (Å²) in [7, 11) is 0. The Kier molecular flexibility index (Phi) is 4.97. The van der Waals surface area contributed by atoms with Gasteiger partial charge in [0.1, 0.15) is 12.2 Å². The molecular formula is C20H22N4O3S. The third kappa shape index (κ3) is 3.82. The third-order valence-electron chi connectivity index (χ3n) is 5.01. The van der Waals surface area contributed by atoms with Gasteiger partial charge in [0.25, 0.3) is 5.56 Å². The average molecular weight is 398 g/mol. The largest absolute Gasteiger partial charge is 0.324 e. The van der Waals surface area contributed by atoms with E-state index in [1.54, 1.807) is 11.1 Å². The maximum Gasteiger partial charge on any atom is 0.292 e. The second-order valence-corrected chi connectivity index (χ2v) is 8.44. The van der Waals surface area contributed by atoms with Gasteiger partial charge in [0.15, 0.2) is 0 Å². The molecule has 28 heavy (non-hydrogen) atoms. The smallest absolute Gasteiger partial charge is 0.292 e. The number of fused-ring (bicyclic) bond motifs is 1. The Morgan fingerprint density at radius 2 is 2.07 bits per heavy atom. The molecule has 0 radical (unpaired) electrons. The van der Waals surface area contributed by atoms with E-state index in [2.05, 4.69) is 10.4 Å². The summed E-state index contributed by atoms with van der Waals surface area (Å²) in [5.41, 5.74) is 2.67. The predicted octanol–water partition coefficient (Wildman–Crippen LogP) is 2.35. The summed E-state index contributed by atoms with van der Waals surface area (Å²) in [6.45, 7) is 4.24. The normalized spacial score (nSPS) is 16.1. The SMILES string of the molecule is Cc1ccc(C)c(NC(=O)Cn2ncc3c(c2=O)N(CC2CC2)C(=O)CS3)c1. The van der Waals surface area contributed by atoms with Crippen LogP contribution in [-0.4, -0.2) is 33.9 Å². The van der Waals surface area contributed by atoms with Crippen molar-refractivity contribution in [1.29, 1.82) is 0 Å². The molecule has 2 aromatic rings. The third-order valence-corrected chi connectivity index (χ3v) is 6.01. The minimum Gasteiger partial charge on any atom is -0.324 e. The van der Waals surface area contributed by atoms with Crippen LogP contribution in [0.1, 0.15) is 24.0 Å². The molecule has 2 heterocycles. The molecule has 0 spiro atoms. The van der Waals surface area contributed by atoms with E-state index >= 15 is 0 Å². The maximum absolute atomic E-state index is 13.0. The van der Waals surface area contributed by atoms with Gasteiger partial charge in [0.2, 0.25) is 11.8 Å². The van der Waals surface area contributed by atoms with Crippen LogP contribution in [0, 0.1) is 19.8 Å². The van der Waals surface area contributed by atoms with Crippen LogP contribution in [0.25, 0.3) is 0 Å². The van der Waals surface area contributed by atoms with Gasteiger partial charge in [-0.1, -0.05) is 12.1 Å². The van der Waals surface area contributed by atoms with Crippen molar-refractivity contribution < 1.29 is 9.59 Å². The Morgan fingerprint density at radius 3 is 2.82 bits per heavy atom. The van der Waals surface area contributed by atoms with Crippen molar-refractivity contribution in [3.8, 4) is 0 Å². The van der Waals surface area contributed by atoms with Crippen LogP contribution in [0.5, 0.6) is 0 Å². The molecule has 2 amide bonds. The topological polar surface area (TPSA) is 84.3 Å². The summed E-state index contributed by atoms with van der Waals surface area (Å²) >= 11 is 1.33. The maximum atomic E-state index is 13.0. The van der Waals surface area contributed by atoms with Gasteiger partial charge >= 0.3 is 0 Å². The molecule has 1 aliphatic carbocycles. The summed E-state index contributed by atoms with van der Waals surface area (Å²) in [6, 6.07) is 5.81. The van der Waals surface area contributed by atoms with Crippen molar-refractivity contribution in [1.82, 2.24) is 9.78 Å². The number of benzene rings is 1. The minimum atomic E-state index is -0.394. The van der Waals surface area contributed by atoms with Gasteiger partial charge < -0.3 is 10.2 Å². The first-order valence-electron chi connectivity index (χ1n) is 9.33. The molecule has 8 heteroatoms. The minimum absolute atomic E-state index is 0.0564. The molecule has 7 nitrogen and oxygen atoms in total. The first-order valence-corrected chi connectivity index (χ1v) is 10.3. The number of nitrogens with one attached hydrogen (secondary N) is 1. The number of amides is 2. The van der Waals surface area contributed by atoms with Gasteiger partial charge in [-0.2, -0.15) is 5.10 Å². The number of thioether (sulfide) groups is 1. The fraction of sp³-hybridized carbons (Fsp3) is 0.400. The molecule has 146 valence electrons. The molecular weight excluding hydrogens is 376 g/mol. The van der Waals surface area contributed by atoms with E-state index in [-0.39, 0.29) is 18.4 Å². The molecule has 1 N–H and O–H groups in total. The second-order valence-electron chi connectivity index (χ2n) is 7.42. The zero-order valence-corrected chi connectivity index (χ0v) is 16.7. The molecule has 1 saturated carbocycles. The van der Waals surface area contributed by atoms with Crippen molar-refractivity contribution in [2.45, 2.75) is 38.1 Å². The van der Waals surface area contributed by atoms with E-state index in [0.717, 1.165) is 34.3 Å². The molecule has 2 aliphatic rings. The number of anilines is 2. The molecule has 1 aliphatic heterocycles. The lowest BCUT2D eigenvalue weighted by Crippen LogP contribution is -2.43. The summed E-state index contributed by atoms with van der Waals surface area (Å²) < 4.78 is 1.14. The fourth-order valence-corrected chi connectivity index (χ4v) is 4.11. The number of aromatic nitrogens is 2. The number of carbonyl (C=O) groups excluding carboxylic acids is 2. The van der Waals surface area contributed by atoms with E-state index in [4.69, 9.17) is 0 Å². The van der Waals surface area contributed by atoms with Gasteiger partial charge in [-0.05, 0) is 49.8 Å². The van der Waals surface area contributed by atoms with Crippen molar-refractivity contribution in [2.75, 3.05) is 22.5 Å². The van der Waals surface area contributed by atoms with E-state index in [1.165, 1.54) is 11.8 Å². The van der Waals surface area contributed by atoms with Gasteiger partial charge in [-0.15, -0.1) is 11.8 Å². The lowest BCUT2D eigenvalue weighted by atomic mass is 10.1. The molecule has 0 saturated heterocycles. The number of carbonyl (C=O) groups is 2. The van der Waals surface area contributed by atoms with Crippen LogP contribution < -0.4 is 15.8 Å². The summed E-state index contributed by atoms with van der Waals surface area (Å²) in [4.78, 5) is 40.2. The highest BCUT2D eigenvalue weighted by atomic mass is 32.2. The molecule has 0 bridgehead atoms. The van der Waals surface area contributed by atoms with Crippen LogP contribution in [0.15, 0.2) is 34.1 Å². The van der Waals surface area contributed by atoms with Crippen LogP contribution in [0.3, 0.4) is 0 Å². The van der Waals surface area contributed by atoms with Gasteiger partial charge in [-0.3, -0.25) is 14.4 Å². The highest BCUT2D eigenvalue weighted by Crippen LogP contribution is 2.36. The highest BCUT2D eigenvalue weighted by molar-refractivity contribution is 8.00. The van der Waals surface area contributed by atoms with E-state index in [9.17, 15) is 14.4 Å². The first kappa shape index (κ1) is 18.7. The Morgan fingerprint density at radius 1 is 1.29 bits per heavy atom. The first-order chi connectivity index (χ1) is 13.4. The number of nitrogens with zero attached hydrogens (tertiary/aromatic N) is 3. The molecule has 1 fully saturated rings. The van der Waals surface area contributed by atoms with Gasteiger partial charge in [-0.25, -0.2) is 4.68 Å². The lowest BCUT2D eigenvalue weighted by molar-refractivity contribution is -0.117. The van der Waals surface area contributed by atoms with E-state index in [1.807, 2.05) is 32.0 Å². The zero-order chi connectivity index (χ0) is 19.8. The second kappa shape index (κ2) is 7.43. The molecule has 0 atom stereocenters. The monoisotopic (exact) mass is 398 g/mol. The number of rotatable bonds is 5. The Bertz CT molecular complexity index is 1010.